The number of halogens is 3. The molecule has 1 unspecified atom stereocenters. The molecule has 232 valence electrons. The zero-order valence-corrected chi connectivity index (χ0v) is 25.6. The zero-order chi connectivity index (χ0) is 32.1. The van der Waals surface area contributed by atoms with E-state index in [9.17, 15) is 23.2 Å². The molecule has 0 saturated carbocycles. The number of thioether (sulfide) groups is 1. The van der Waals surface area contributed by atoms with Crippen LogP contribution in [0.15, 0.2) is 72.0 Å². The average Bonchev–Trinajstić information content (AvgIpc) is 3.48. The molecule has 0 aliphatic carbocycles. The fourth-order valence-corrected chi connectivity index (χ4v) is 6.14. The van der Waals surface area contributed by atoms with Crippen molar-refractivity contribution in [3.05, 3.63) is 89.2 Å². The van der Waals surface area contributed by atoms with E-state index >= 15 is 0 Å². The molecule has 1 N–H and O–H groups in total. The summed E-state index contributed by atoms with van der Waals surface area (Å²) in [6.07, 6.45) is -2.34. The van der Waals surface area contributed by atoms with Crippen LogP contribution in [0.25, 0.3) is 17.1 Å². The topological polar surface area (TPSA) is 108 Å². The number of nitrogens with one attached hydrogen (secondary N) is 1. The number of carbonyl (C=O) groups excluding carboxylic acids is 1. The van der Waals surface area contributed by atoms with Crippen molar-refractivity contribution in [2.75, 3.05) is 23.7 Å². The number of amidine groups is 1. The fourth-order valence-electron chi connectivity index (χ4n) is 5.20. The Morgan fingerprint density at radius 1 is 1.11 bits per heavy atom. The van der Waals surface area contributed by atoms with Gasteiger partial charge < -0.3 is 15.0 Å². The Morgan fingerprint density at radius 2 is 1.80 bits per heavy atom. The minimum absolute atomic E-state index is 0.0830. The van der Waals surface area contributed by atoms with Gasteiger partial charge in [0.2, 0.25) is 0 Å². The minimum Gasteiger partial charge on any atom is -0.406 e. The van der Waals surface area contributed by atoms with E-state index in [1.807, 2.05) is 0 Å². The number of amides is 2. The number of benzene rings is 3. The molecule has 1 aliphatic heterocycles. The maximum atomic E-state index is 12.9. The van der Waals surface area contributed by atoms with Crippen molar-refractivity contribution in [3.63, 3.8) is 0 Å². The number of alkyl halides is 3. The summed E-state index contributed by atoms with van der Waals surface area (Å²) in [6.45, 7) is 7.05. The van der Waals surface area contributed by atoms with E-state index in [1.165, 1.54) is 40.8 Å². The van der Waals surface area contributed by atoms with Crippen molar-refractivity contribution < 1.29 is 22.7 Å². The largest absolute Gasteiger partial charge is 0.573 e. The molecule has 1 atom stereocenters. The van der Waals surface area contributed by atoms with Gasteiger partial charge in [-0.2, -0.15) is 10.3 Å². The summed E-state index contributed by atoms with van der Waals surface area (Å²) in [7, 11) is 0. The summed E-state index contributed by atoms with van der Waals surface area (Å²) in [5, 5.41) is 17.7. The molecule has 2 heterocycles. The van der Waals surface area contributed by atoms with Gasteiger partial charge in [-0.15, -0.1) is 18.3 Å². The number of anilines is 1. The molecule has 5 rings (SSSR count). The van der Waals surface area contributed by atoms with Crippen LogP contribution in [-0.4, -0.2) is 51.2 Å². The first-order chi connectivity index (χ1) is 21.5. The maximum Gasteiger partial charge on any atom is 0.573 e. The molecule has 9 nitrogen and oxygen atoms in total. The van der Waals surface area contributed by atoms with Crippen LogP contribution in [-0.2, 0) is 0 Å². The fraction of sp³-hybridized carbons (Fsp3) is 0.281. The molecule has 0 radical (unpaired) electrons. The van der Waals surface area contributed by atoms with Crippen molar-refractivity contribution in [1.29, 1.82) is 5.26 Å². The summed E-state index contributed by atoms with van der Waals surface area (Å²) < 4.78 is 42.6. The Bertz CT molecular complexity index is 1720. The smallest absolute Gasteiger partial charge is 0.406 e. The summed E-state index contributed by atoms with van der Waals surface area (Å²) in [5.41, 5.74) is 6.40. The predicted octanol–water partition coefficient (Wildman–Crippen LogP) is 7.07. The quantitative estimate of drug-likeness (QED) is 0.232. The molecule has 1 fully saturated rings. The first-order valence-corrected chi connectivity index (χ1v) is 15.1. The Morgan fingerprint density at radius 3 is 2.44 bits per heavy atom. The van der Waals surface area contributed by atoms with Gasteiger partial charge in [0.15, 0.2) is 11.0 Å². The van der Waals surface area contributed by atoms with E-state index in [4.69, 9.17) is 0 Å². The third kappa shape index (κ3) is 7.82. The van der Waals surface area contributed by atoms with Crippen LogP contribution in [0, 0.1) is 32.1 Å². The van der Waals surface area contributed by atoms with Gasteiger partial charge in [0.1, 0.15) is 12.1 Å². The number of carbonyl (C=O) groups is 1. The summed E-state index contributed by atoms with van der Waals surface area (Å²) in [4.78, 5) is 23.6. The molecule has 0 spiro atoms. The first kappa shape index (κ1) is 31.6. The Balaban J connectivity index is 1.22. The van der Waals surface area contributed by atoms with Gasteiger partial charge in [0.25, 0.3) is 0 Å². The second-order valence-electron chi connectivity index (χ2n) is 10.5. The van der Waals surface area contributed by atoms with Crippen LogP contribution in [0.3, 0.4) is 0 Å². The standard InChI is InChI=1S/C32H30F3N7O2S/c1-20-15-21(2)28(22(3)16-20)41-13-4-14-45-31(41)39-30(43)37-18-25(17-36)23-5-7-24(8-6-23)29-38-19-42(40-29)26-9-11-27(12-10-26)44-32(33,34)35/h5-12,15-16,19,25H,4,13-14,18H2,1-3H3,(H,37,43). The summed E-state index contributed by atoms with van der Waals surface area (Å²) >= 11 is 1.54. The molecule has 45 heavy (non-hydrogen) atoms. The molecular formula is C32H30F3N7O2S. The van der Waals surface area contributed by atoms with E-state index < -0.39 is 18.3 Å². The maximum absolute atomic E-state index is 12.9. The highest BCUT2D eigenvalue weighted by molar-refractivity contribution is 8.14. The monoisotopic (exact) mass is 633 g/mol. The highest BCUT2D eigenvalue weighted by Crippen LogP contribution is 2.32. The lowest BCUT2D eigenvalue weighted by atomic mass is 9.99. The van der Waals surface area contributed by atoms with Crippen molar-refractivity contribution in [2.24, 2.45) is 4.99 Å². The van der Waals surface area contributed by atoms with Crippen LogP contribution in [0.2, 0.25) is 0 Å². The number of nitriles is 1. The number of nitrogens with zero attached hydrogens (tertiary/aromatic N) is 6. The van der Waals surface area contributed by atoms with E-state index in [2.05, 4.69) is 69.0 Å². The molecular weight excluding hydrogens is 603 g/mol. The zero-order valence-electron chi connectivity index (χ0n) is 24.8. The summed E-state index contributed by atoms with van der Waals surface area (Å²) in [6, 6.07) is 18.3. The average molecular weight is 634 g/mol. The Labute approximate surface area is 262 Å². The first-order valence-electron chi connectivity index (χ1n) is 14.1. The van der Waals surface area contributed by atoms with Crippen molar-refractivity contribution in [2.45, 2.75) is 39.5 Å². The van der Waals surface area contributed by atoms with Gasteiger partial charge in [-0.1, -0.05) is 53.7 Å². The predicted molar refractivity (Wildman–Crippen MR) is 168 cm³/mol. The Hall–Kier alpha value is -4.83. The van der Waals surface area contributed by atoms with E-state index in [-0.39, 0.29) is 12.3 Å². The van der Waals surface area contributed by atoms with Gasteiger partial charge in [0.05, 0.1) is 17.7 Å². The second-order valence-corrected chi connectivity index (χ2v) is 11.6. The van der Waals surface area contributed by atoms with Crippen LogP contribution in [0.4, 0.5) is 23.7 Å². The van der Waals surface area contributed by atoms with Gasteiger partial charge in [0, 0.05) is 30.1 Å². The number of aromatic nitrogens is 3. The normalized spacial score (nSPS) is 15.0. The van der Waals surface area contributed by atoms with Gasteiger partial charge in [-0.05, 0) is 68.1 Å². The molecule has 2 amide bonds. The molecule has 1 aromatic heterocycles. The lowest BCUT2D eigenvalue weighted by Crippen LogP contribution is -2.37. The van der Waals surface area contributed by atoms with Gasteiger partial charge in [-0.3, -0.25) is 0 Å². The number of hydrogen-bond donors (Lipinski definition) is 1. The SMILES string of the molecule is Cc1cc(C)c(N2CCCSC2=NC(=O)NCC(C#N)c2ccc(-c3ncn(-c4ccc(OC(F)(F)F)cc4)n3)cc2)c(C)c1. The van der Waals surface area contributed by atoms with E-state index in [0.717, 1.165) is 35.5 Å². The lowest BCUT2D eigenvalue weighted by Gasteiger charge is -2.32. The number of aliphatic imine (C=N–C) groups is 1. The van der Waals surface area contributed by atoms with Crippen molar-refractivity contribution in [1.82, 2.24) is 20.1 Å². The number of hydrogen-bond acceptors (Lipinski definition) is 6. The highest BCUT2D eigenvalue weighted by Gasteiger charge is 2.31. The van der Waals surface area contributed by atoms with Crippen LogP contribution < -0.4 is 15.0 Å². The number of rotatable bonds is 7. The van der Waals surface area contributed by atoms with Crippen LogP contribution in [0.5, 0.6) is 5.75 Å². The minimum atomic E-state index is -4.77. The van der Waals surface area contributed by atoms with Crippen molar-refractivity contribution in [3.8, 4) is 28.9 Å². The number of ether oxygens (including phenoxy) is 1. The van der Waals surface area contributed by atoms with Crippen molar-refractivity contribution >= 4 is 28.6 Å². The molecule has 1 aliphatic rings. The number of aryl methyl sites for hydroxylation is 3. The molecule has 4 aromatic rings. The lowest BCUT2D eigenvalue weighted by molar-refractivity contribution is -0.274. The molecule has 1 saturated heterocycles. The number of urea groups is 1. The van der Waals surface area contributed by atoms with E-state index in [1.54, 1.807) is 36.0 Å². The third-order valence-electron chi connectivity index (χ3n) is 7.10. The molecule has 3 aromatic carbocycles. The second kappa shape index (κ2) is 13.4. The summed E-state index contributed by atoms with van der Waals surface area (Å²) in [5.74, 6) is 0.321. The molecule has 13 heteroatoms. The highest BCUT2D eigenvalue weighted by atomic mass is 32.2. The van der Waals surface area contributed by atoms with E-state index in [0.29, 0.717) is 27.8 Å². The third-order valence-corrected chi connectivity index (χ3v) is 8.16. The van der Waals surface area contributed by atoms with Gasteiger partial charge in [-0.25, -0.2) is 14.5 Å². The Kier molecular flexibility index (Phi) is 9.43. The molecule has 0 bridgehead atoms. The van der Waals surface area contributed by atoms with Gasteiger partial charge >= 0.3 is 12.4 Å². The van der Waals surface area contributed by atoms with Crippen LogP contribution in [0.1, 0.15) is 34.6 Å². The van der Waals surface area contributed by atoms with Crippen LogP contribution >= 0.6 is 11.8 Å².